The molecule has 2 N–H and O–H groups in total. The zero-order valence-electron chi connectivity index (χ0n) is 17.2. The quantitative estimate of drug-likeness (QED) is 0.516. The molecule has 1 unspecified atom stereocenters. The average Bonchev–Trinajstić information content (AvgIpc) is 2.78. The van der Waals surface area contributed by atoms with Crippen molar-refractivity contribution in [2.24, 2.45) is 0 Å². The number of hydrogen-bond acceptors (Lipinski definition) is 5. The van der Waals surface area contributed by atoms with Crippen molar-refractivity contribution >= 4 is 44.8 Å². The Bertz CT molecular complexity index is 1290. The molecule has 1 atom stereocenters. The second kappa shape index (κ2) is 9.83. The summed E-state index contributed by atoms with van der Waals surface area (Å²) in [5, 5.41) is 6.52. The number of halogens is 2. The van der Waals surface area contributed by atoms with Crippen molar-refractivity contribution < 1.29 is 13.2 Å². The van der Waals surface area contributed by atoms with Crippen LogP contribution in [0.15, 0.2) is 64.4 Å². The van der Waals surface area contributed by atoms with Crippen LogP contribution in [0.2, 0.25) is 10.0 Å². The van der Waals surface area contributed by atoms with Crippen molar-refractivity contribution in [3.63, 3.8) is 0 Å². The van der Waals surface area contributed by atoms with E-state index >= 15 is 0 Å². The number of anilines is 1. The maximum atomic E-state index is 12.8. The molecule has 0 bridgehead atoms. The van der Waals surface area contributed by atoms with Crippen molar-refractivity contribution in [2.75, 3.05) is 5.32 Å². The summed E-state index contributed by atoms with van der Waals surface area (Å²) in [5.74, 6) is -0.103. The molecule has 1 heterocycles. The largest absolute Gasteiger partial charge is 0.326 e. The summed E-state index contributed by atoms with van der Waals surface area (Å²) >= 11 is 11.6. The van der Waals surface area contributed by atoms with Gasteiger partial charge in [-0.3, -0.25) is 9.59 Å². The number of carbonyl (C=O) groups is 1. The molecule has 1 aromatic heterocycles. The third-order valence-electron chi connectivity index (χ3n) is 4.62. The van der Waals surface area contributed by atoms with Crippen LogP contribution in [0.1, 0.15) is 31.9 Å². The Balaban J connectivity index is 1.76. The minimum absolute atomic E-state index is 0.0213. The average molecular weight is 495 g/mol. The second-order valence-electron chi connectivity index (χ2n) is 6.88. The van der Waals surface area contributed by atoms with Crippen LogP contribution < -0.4 is 15.6 Å². The number of nitrogens with zero attached hydrogens (tertiary/aromatic N) is 2. The fraction of sp³-hybridized carbons (Fsp3) is 0.190. The molecule has 0 saturated carbocycles. The summed E-state index contributed by atoms with van der Waals surface area (Å²) < 4.78 is 29.2. The number of aromatic nitrogens is 2. The van der Waals surface area contributed by atoms with Gasteiger partial charge in [0.05, 0.1) is 21.8 Å². The minimum atomic E-state index is -3.84. The number of hydrogen-bond donors (Lipinski definition) is 2. The molecule has 8 nitrogen and oxygen atoms in total. The molecule has 0 spiro atoms. The Morgan fingerprint density at radius 3 is 2.31 bits per heavy atom. The van der Waals surface area contributed by atoms with Gasteiger partial charge in [0.2, 0.25) is 15.9 Å². The van der Waals surface area contributed by atoms with Gasteiger partial charge in [-0.15, -0.1) is 0 Å². The molecule has 32 heavy (non-hydrogen) atoms. The van der Waals surface area contributed by atoms with E-state index in [1.54, 1.807) is 38.1 Å². The van der Waals surface area contributed by atoms with Crippen molar-refractivity contribution in [1.82, 2.24) is 14.5 Å². The van der Waals surface area contributed by atoms with Crippen molar-refractivity contribution in [2.45, 2.75) is 31.2 Å². The molecule has 0 radical (unpaired) electrons. The molecule has 2 aromatic carbocycles. The number of sulfonamides is 1. The van der Waals surface area contributed by atoms with E-state index in [0.29, 0.717) is 17.8 Å². The maximum absolute atomic E-state index is 12.8. The van der Waals surface area contributed by atoms with Gasteiger partial charge < -0.3 is 5.32 Å². The molecule has 3 rings (SSSR count). The predicted octanol–water partition coefficient (Wildman–Crippen LogP) is 3.93. The summed E-state index contributed by atoms with van der Waals surface area (Å²) in [6.45, 7) is 3.47. The Morgan fingerprint density at radius 2 is 1.72 bits per heavy atom. The van der Waals surface area contributed by atoms with Crippen molar-refractivity contribution in [3.05, 3.63) is 80.7 Å². The molecule has 11 heteroatoms. The van der Waals surface area contributed by atoms with Crippen LogP contribution in [-0.4, -0.2) is 24.1 Å². The normalized spacial score (nSPS) is 12.4. The summed E-state index contributed by atoms with van der Waals surface area (Å²) in [5.41, 5.74) is 1.09. The molecule has 0 fully saturated rings. The number of nitrogens with one attached hydrogen (secondary N) is 2. The highest BCUT2D eigenvalue weighted by Gasteiger charge is 2.19. The third-order valence-corrected chi connectivity index (χ3v) is 6.92. The van der Waals surface area contributed by atoms with Gasteiger partial charge >= 0.3 is 0 Å². The number of rotatable bonds is 7. The van der Waals surface area contributed by atoms with E-state index in [1.807, 2.05) is 0 Å². The van der Waals surface area contributed by atoms with Gasteiger partial charge in [0, 0.05) is 18.2 Å². The summed E-state index contributed by atoms with van der Waals surface area (Å²) in [7, 11) is -3.84. The van der Waals surface area contributed by atoms with E-state index in [2.05, 4.69) is 15.1 Å². The fourth-order valence-corrected chi connectivity index (χ4v) is 4.32. The second-order valence-corrected chi connectivity index (χ2v) is 9.38. The monoisotopic (exact) mass is 494 g/mol. The lowest BCUT2D eigenvalue weighted by Gasteiger charge is -2.16. The minimum Gasteiger partial charge on any atom is -0.326 e. The van der Waals surface area contributed by atoms with E-state index in [0.717, 1.165) is 10.2 Å². The molecule has 3 aromatic rings. The Morgan fingerprint density at radius 1 is 1.09 bits per heavy atom. The molecule has 168 valence electrons. The zero-order valence-corrected chi connectivity index (χ0v) is 19.5. The van der Waals surface area contributed by atoms with Gasteiger partial charge in [0.25, 0.3) is 5.56 Å². The molecule has 1 amide bonds. The highest BCUT2D eigenvalue weighted by molar-refractivity contribution is 7.89. The standard InChI is InChI=1S/C21H20Cl2N4O4S/c1-3-19(28)25-15-6-4-14(5-7-15)13(2)26-32(30,31)17-10-8-16(9-11-17)27-21(29)20(23)18(22)12-24-27/h4-13,26H,3H2,1-2H3,(H,25,28). The van der Waals surface area contributed by atoms with Crippen LogP contribution in [0.4, 0.5) is 5.69 Å². The smallest absolute Gasteiger partial charge is 0.291 e. The van der Waals surface area contributed by atoms with Crippen LogP contribution in [-0.2, 0) is 14.8 Å². The molecular weight excluding hydrogens is 475 g/mol. The SMILES string of the molecule is CCC(=O)Nc1ccc(C(C)NS(=O)(=O)c2ccc(-n3ncc(Cl)c(Cl)c3=O)cc2)cc1. The van der Waals surface area contributed by atoms with Crippen LogP contribution in [0.3, 0.4) is 0 Å². The number of carbonyl (C=O) groups excluding carboxylic acids is 1. The van der Waals surface area contributed by atoms with Crippen LogP contribution in [0.5, 0.6) is 0 Å². The molecular formula is C21H20Cl2N4O4S. The van der Waals surface area contributed by atoms with E-state index in [4.69, 9.17) is 23.2 Å². The first kappa shape index (κ1) is 23.9. The van der Waals surface area contributed by atoms with Crippen LogP contribution in [0, 0.1) is 0 Å². The van der Waals surface area contributed by atoms with Gasteiger partial charge in [-0.2, -0.15) is 9.78 Å². The van der Waals surface area contributed by atoms with Gasteiger partial charge in [-0.05, 0) is 48.9 Å². The Kier molecular flexibility index (Phi) is 7.35. The summed E-state index contributed by atoms with van der Waals surface area (Å²) in [6.07, 6.45) is 1.60. The molecule has 0 aliphatic heterocycles. The van der Waals surface area contributed by atoms with Crippen LogP contribution in [0.25, 0.3) is 5.69 Å². The molecule has 0 aliphatic rings. The number of amides is 1. The Hall–Kier alpha value is -2.72. The summed E-state index contributed by atoms with van der Waals surface area (Å²) in [6, 6.07) is 12.0. The van der Waals surface area contributed by atoms with Crippen molar-refractivity contribution in [3.8, 4) is 5.69 Å². The molecule has 0 saturated heterocycles. The lowest BCUT2D eigenvalue weighted by atomic mass is 10.1. The van der Waals surface area contributed by atoms with Gasteiger partial charge in [0.1, 0.15) is 5.02 Å². The topological polar surface area (TPSA) is 110 Å². The lowest BCUT2D eigenvalue weighted by molar-refractivity contribution is -0.115. The highest BCUT2D eigenvalue weighted by Crippen LogP contribution is 2.21. The lowest BCUT2D eigenvalue weighted by Crippen LogP contribution is -2.27. The van der Waals surface area contributed by atoms with Gasteiger partial charge in [-0.25, -0.2) is 13.1 Å². The highest BCUT2D eigenvalue weighted by atomic mass is 35.5. The third kappa shape index (κ3) is 5.36. The Labute approximate surface area is 195 Å². The first-order valence-corrected chi connectivity index (χ1v) is 11.8. The van der Waals surface area contributed by atoms with E-state index in [-0.39, 0.29) is 20.8 Å². The predicted molar refractivity (Wildman–Crippen MR) is 124 cm³/mol. The van der Waals surface area contributed by atoms with E-state index in [9.17, 15) is 18.0 Å². The maximum Gasteiger partial charge on any atom is 0.291 e. The van der Waals surface area contributed by atoms with Crippen molar-refractivity contribution in [1.29, 1.82) is 0 Å². The van der Waals surface area contributed by atoms with E-state index in [1.165, 1.54) is 30.5 Å². The fourth-order valence-electron chi connectivity index (χ4n) is 2.84. The van der Waals surface area contributed by atoms with Gasteiger partial charge in [0.15, 0.2) is 0 Å². The van der Waals surface area contributed by atoms with E-state index < -0.39 is 21.6 Å². The zero-order chi connectivity index (χ0) is 23.5. The van der Waals surface area contributed by atoms with Crippen LogP contribution >= 0.6 is 23.2 Å². The van der Waals surface area contributed by atoms with Gasteiger partial charge in [-0.1, -0.05) is 42.3 Å². The first-order chi connectivity index (χ1) is 15.1. The summed E-state index contributed by atoms with van der Waals surface area (Å²) in [4.78, 5) is 23.7. The number of benzene rings is 2. The molecule has 0 aliphatic carbocycles. The first-order valence-electron chi connectivity index (χ1n) is 9.58.